The number of anilines is 1. The van der Waals surface area contributed by atoms with Crippen LogP contribution in [0.25, 0.3) is 33.0 Å². The van der Waals surface area contributed by atoms with E-state index in [4.69, 9.17) is 21.7 Å². The Morgan fingerprint density at radius 1 is 0.800 bits per heavy atom. The highest BCUT2D eigenvalue weighted by atomic mass is 35.5. The maximum atomic E-state index is 12.0. The van der Waals surface area contributed by atoms with Gasteiger partial charge in [-0.1, -0.05) is 103 Å². The average Bonchev–Trinajstić information content (AvgIpc) is 2.87. The molecule has 0 atom stereocenters. The van der Waals surface area contributed by atoms with Crippen LogP contribution in [0.15, 0.2) is 108 Å². The van der Waals surface area contributed by atoms with Crippen LogP contribution >= 0.6 is 11.6 Å². The van der Waals surface area contributed by atoms with Crippen molar-refractivity contribution in [3.05, 3.63) is 114 Å². The van der Waals surface area contributed by atoms with Gasteiger partial charge in [0.2, 0.25) is 10.0 Å². The zero-order valence-electron chi connectivity index (χ0n) is 18.6. The van der Waals surface area contributed by atoms with E-state index in [9.17, 15) is 8.42 Å². The van der Waals surface area contributed by atoms with E-state index in [0.29, 0.717) is 23.5 Å². The number of rotatable bonds is 6. The van der Waals surface area contributed by atoms with E-state index in [1.807, 2.05) is 84.9 Å². The fourth-order valence-electron chi connectivity index (χ4n) is 4.21. The zero-order chi connectivity index (χ0) is 24.4. The Kier molecular flexibility index (Phi) is 6.26. The minimum Gasteiger partial charge on any atom is -0.365 e. The molecule has 5 aromatic rings. The first kappa shape index (κ1) is 23.1. The van der Waals surface area contributed by atoms with Crippen LogP contribution in [0.1, 0.15) is 5.56 Å². The molecule has 0 saturated heterocycles. The SMILES string of the molecule is NS(=O)(=O)c1cccc(-c2c(Cl)nc(NCc3ccccc3)c3c(-c4ccccc4)cccc23)c1. The molecule has 1 aromatic heterocycles. The zero-order valence-corrected chi connectivity index (χ0v) is 20.2. The summed E-state index contributed by atoms with van der Waals surface area (Å²) in [5, 5.41) is 10.9. The summed E-state index contributed by atoms with van der Waals surface area (Å²) in [5.41, 5.74) is 4.41. The van der Waals surface area contributed by atoms with Gasteiger partial charge in [0.15, 0.2) is 0 Å². The van der Waals surface area contributed by atoms with Crippen molar-refractivity contribution in [1.82, 2.24) is 4.98 Å². The lowest BCUT2D eigenvalue weighted by molar-refractivity contribution is 0.598. The third-order valence-corrected chi connectivity index (χ3v) is 7.01. The van der Waals surface area contributed by atoms with Gasteiger partial charge in [0.1, 0.15) is 11.0 Å². The number of aromatic nitrogens is 1. The van der Waals surface area contributed by atoms with Crippen molar-refractivity contribution in [2.75, 3.05) is 5.32 Å². The number of pyridine rings is 1. The Labute approximate surface area is 209 Å². The second-order valence-electron chi connectivity index (χ2n) is 8.13. The van der Waals surface area contributed by atoms with E-state index < -0.39 is 10.0 Å². The van der Waals surface area contributed by atoms with Crippen LogP contribution in [-0.2, 0) is 16.6 Å². The highest BCUT2D eigenvalue weighted by molar-refractivity contribution is 7.89. The fourth-order valence-corrected chi connectivity index (χ4v) is 5.06. The summed E-state index contributed by atoms with van der Waals surface area (Å²) in [7, 11) is -3.87. The van der Waals surface area contributed by atoms with Gasteiger partial charge in [-0.15, -0.1) is 0 Å². The summed E-state index contributed by atoms with van der Waals surface area (Å²) in [5.74, 6) is 0.652. The van der Waals surface area contributed by atoms with Crippen molar-refractivity contribution in [1.29, 1.82) is 0 Å². The Hall–Kier alpha value is -3.71. The summed E-state index contributed by atoms with van der Waals surface area (Å²) in [6.07, 6.45) is 0. The monoisotopic (exact) mass is 499 g/mol. The maximum Gasteiger partial charge on any atom is 0.238 e. The number of hydrogen-bond donors (Lipinski definition) is 2. The second kappa shape index (κ2) is 9.50. The van der Waals surface area contributed by atoms with Crippen molar-refractivity contribution < 1.29 is 8.42 Å². The molecule has 0 amide bonds. The topological polar surface area (TPSA) is 85.1 Å². The molecule has 7 heteroatoms. The lowest BCUT2D eigenvalue weighted by atomic mass is 9.94. The minimum atomic E-state index is -3.87. The predicted molar refractivity (Wildman–Crippen MR) is 143 cm³/mol. The molecule has 5 nitrogen and oxygen atoms in total. The Bertz CT molecular complexity index is 1620. The van der Waals surface area contributed by atoms with Crippen molar-refractivity contribution in [2.45, 2.75) is 11.4 Å². The number of nitrogens with zero attached hydrogens (tertiary/aromatic N) is 1. The quantitative estimate of drug-likeness (QED) is 0.262. The molecule has 1 heterocycles. The molecule has 0 spiro atoms. The van der Waals surface area contributed by atoms with E-state index >= 15 is 0 Å². The number of halogens is 1. The number of sulfonamides is 1. The van der Waals surface area contributed by atoms with Gasteiger partial charge < -0.3 is 5.32 Å². The van der Waals surface area contributed by atoms with Crippen molar-refractivity contribution in [2.24, 2.45) is 5.14 Å². The first-order chi connectivity index (χ1) is 16.9. The Morgan fingerprint density at radius 2 is 1.46 bits per heavy atom. The molecule has 0 fully saturated rings. The highest BCUT2D eigenvalue weighted by Gasteiger charge is 2.19. The molecule has 0 radical (unpaired) electrons. The maximum absolute atomic E-state index is 12.0. The smallest absolute Gasteiger partial charge is 0.238 e. The van der Waals surface area contributed by atoms with Gasteiger partial charge >= 0.3 is 0 Å². The third-order valence-electron chi connectivity index (χ3n) is 5.83. The summed E-state index contributed by atoms with van der Waals surface area (Å²) in [6, 6.07) is 32.5. The molecule has 5 rings (SSSR count). The lowest BCUT2D eigenvalue weighted by Gasteiger charge is -2.18. The van der Waals surface area contributed by atoms with Gasteiger partial charge in [-0.25, -0.2) is 18.5 Å². The van der Waals surface area contributed by atoms with E-state index in [0.717, 1.165) is 27.5 Å². The van der Waals surface area contributed by atoms with Crippen LogP contribution in [0.2, 0.25) is 5.15 Å². The molecule has 4 aromatic carbocycles. The number of hydrogen-bond acceptors (Lipinski definition) is 4. The van der Waals surface area contributed by atoms with Crippen LogP contribution in [-0.4, -0.2) is 13.4 Å². The van der Waals surface area contributed by atoms with Crippen molar-refractivity contribution >= 4 is 38.2 Å². The summed E-state index contributed by atoms with van der Waals surface area (Å²) in [6.45, 7) is 0.572. The molecular weight excluding hydrogens is 478 g/mol. The first-order valence-electron chi connectivity index (χ1n) is 11.0. The van der Waals surface area contributed by atoms with E-state index in [-0.39, 0.29) is 10.0 Å². The van der Waals surface area contributed by atoms with E-state index in [1.165, 1.54) is 12.1 Å². The summed E-state index contributed by atoms with van der Waals surface area (Å²) >= 11 is 6.76. The summed E-state index contributed by atoms with van der Waals surface area (Å²) < 4.78 is 24.0. The number of primary sulfonamides is 1. The molecule has 0 aliphatic rings. The van der Waals surface area contributed by atoms with Crippen LogP contribution < -0.4 is 10.5 Å². The fraction of sp³-hybridized carbons (Fsp3) is 0.0357. The van der Waals surface area contributed by atoms with Crippen LogP contribution in [0, 0.1) is 0 Å². The molecule has 0 bridgehead atoms. The molecule has 3 N–H and O–H groups in total. The largest absolute Gasteiger partial charge is 0.365 e. The van der Waals surface area contributed by atoms with E-state index in [1.54, 1.807) is 6.07 Å². The number of benzene rings is 4. The van der Waals surface area contributed by atoms with Crippen LogP contribution in [0.3, 0.4) is 0 Å². The minimum absolute atomic E-state index is 0.0182. The molecule has 0 saturated carbocycles. The molecular formula is C28H22ClN3O2S. The van der Waals surface area contributed by atoms with Crippen molar-refractivity contribution in [3.8, 4) is 22.3 Å². The second-order valence-corrected chi connectivity index (χ2v) is 10.1. The predicted octanol–water partition coefficient (Wildman–Crippen LogP) is 6.48. The van der Waals surface area contributed by atoms with Crippen LogP contribution in [0.5, 0.6) is 0 Å². The lowest BCUT2D eigenvalue weighted by Crippen LogP contribution is -2.12. The molecule has 0 unspecified atom stereocenters. The highest BCUT2D eigenvalue weighted by Crippen LogP contribution is 2.42. The van der Waals surface area contributed by atoms with Crippen molar-refractivity contribution in [3.63, 3.8) is 0 Å². The number of fused-ring (bicyclic) bond motifs is 1. The van der Waals surface area contributed by atoms with Crippen LogP contribution in [0.4, 0.5) is 5.82 Å². The van der Waals surface area contributed by atoms with Gasteiger partial charge in [0, 0.05) is 17.5 Å². The Morgan fingerprint density at radius 3 is 2.17 bits per heavy atom. The van der Waals surface area contributed by atoms with Gasteiger partial charge in [-0.05, 0) is 39.8 Å². The molecule has 174 valence electrons. The van der Waals surface area contributed by atoms with Gasteiger partial charge in [0.05, 0.1) is 4.90 Å². The molecule has 35 heavy (non-hydrogen) atoms. The number of nitrogens with two attached hydrogens (primary N) is 1. The van der Waals surface area contributed by atoms with Gasteiger partial charge in [0.25, 0.3) is 0 Å². The number of nitrogens with one attached hydrogen (secondary N) is 1. The molecule has 0 aliphatic heterocycles. The normalized spacial score (nSPS) is 11.5. The Balaban J connectivity index is 1.75. The molecule has 0 aliphatic carbocycles. The van der Waals surface area contributed by atoms with Gasteiger partial charge in [-0.3, -0.25) is 0 Å². The first-order valence-corrected chi connectivity index (χ1v) is 12.9. The van der Waals surface area contributed by atoms with E-state index in [2.05, 4.69) is 5.32 Å². The third kappa shape index (κ3) is 4.77. The van der Waals surface area contributed by atoms with Gasteiger partial charge in [-0.2, -0.15) is 0 Å². The average molecular weight is 500 g/mol. The summed E-state index contributed by atoms with van der Waals surface area (Å²) in [4.78, 5) is 4.76. The standard InChI is InChI=1S/C28H22ClN3O2S/c29-27-25(21-13-7-14-22(17-21)35(30,33)34)24-16-8-15-23(20-11-5-2-6-12-20)26(24)28(32-27)31-18-19-9-3-1-4-10-19/h1-17H,18H2,(H,31,32)(H2,30,33,34).